The normalized spacial score (nSPS) is 19.0. The molecule has 164 valence electrons. The van der Waals surface area contributed by atoms with Crippen molar-refractivity contribution in [3.05, 3.63) is 92.9 Å². The van der Waals surface area contributed by atoms with Crippen LogP contribution in [0.4, 0.5) is 9.18 Å². The molecule has 1 aliphatic heterocycles. The van der Waals surface area contributed by atoms with Crippen LogP contribution in [0.5, 0.6) is 0 Å². The first-order valence-corrected chi connectivity index (χ1v) is 11.0. The van der Waals surface area contributed by atoms with Crippen LogP contribution in [-0.4, -0.2) is 29.3 Å². The van der Waals surface area contributed by atoms with E-state index in [9.17, 15) is 18.8 Å². The summed E-state index contributed by atoms with van der Waals surface area (Å²) in [6.07, 6.45) is 0. The molecule has 32 heavy (non-hydrogen) atoms. The molecule has 1 fully saturated rings. The lowest BCUT2D eigenvalue weighted by Gasteiger charge is -2.23. The predicted octanol–water partition coefficient (Wildman–Crippen LogP) is 4.21. The molecular formula is C23H19ClFN3O3S. The molecule has 9 heteroatoms. The SMILES string of the molecule is CC1(c2ccc(Cl)cc2)NC(=O)N(CC(=O)NC(c2ccc(F)cc2)c2cccs2)C1=O. The summed E-state index contributed by atoms with van der Waals surface area (Å²) in [5.74, 6) is -1.43. The van der Waals surface area contributed by atoms with Gasteiger partial charge in [-0.25, -0.2) is 9.18 Å². The second-order valence-electron chi connectivity index (χ2n) is 7.52. The Morgan fingerprint density at radius 2 is 1.84 bits per heavy atom. The number of halogens is 2. The van der Waals surface area contributed by atoms with Crippen LogP contribution in [-0.2, 0) is 15.1 Å². The number of carbonyl (C=O) groups is 3. The Morgan fingerprint density at radius 3 is 2.47 bits per heavy atom. The van der Waals surface area contributed by atoms with Crippen LogP contribution in [0.2, 0.25) is 5.02 Å². The molecule has 0 saturated carbocycles. The number of thiophene rings is 1. The lowest BCUT2D eigenvalue weighted by atomic mass is 9.92. The molecule has 0 aliphatic carbocycles. The monoisotopic (exact) mass is 471 g/mol. The summed E-state index contributed by atoms with van der Waals surface area (Å²) in [6.45, 7) is 1.14. The fraction of sp³-hybridized carbons (Fsp3) is 0.174. The minimum Gasteiger partial charge on any atom is -0.343 e. The Balaban J connectivity index is 1.52. The van der Waals surface area contributed by atoms with E-state index in [2.05, 4.69) is 10.6 Å². The van der Waals surface area contributed by atoms with E-state index in [4.69, 9.17) is 11.6 Å². The van der Waals surface area contributed by atoms with E-state index >= 15 is 0 Å². The quantitative estimate of drug-likeness (QED) is 0.528. The molecule has 1 saturated heterocycles. The molecule has 2 aromatic carbocycles. The summed E-state index contributed by atoms with van der Waals surface area (Å²) in [4.78, 5) is 40.2. The summed E-state index contributed by atoms with van der Waals surface area (Å²) in [5, 5.41) is 7.89. The summed E-state index contributed by atoms with van der Waals surface area (Å²) in [7, 11) is 0. The van der Waals surface area contributed by atoms with Gasteiger partial charge in [0.05, 0.1) is 6.04 Å². The number of nitrogens with one attached hydrogen (secondary N) is 2. The second-order valence-corrected chi connectivity index (χ2v) is 8.94. The molecule has 4 amide bonds. The van der Waals surface area contributed by atoms with Gasteiger partial charge in [-0.3, -0.25) is 14.5 Å². The van der Waals surface area contributed by atoms with Crippen molar-refractivity contribution in [1.82, 2.24) is 15.5 Å². The average Bonchev–Trinajstić information content (AvgIpc) is 3.37. The van der Waals surface area contributed by atoms with Crippen LogP contribution >= 0.6 is 22.9 Å². The lowest BCUT2D eigenvalue weighted by Crippen LogP contribution is -2.44. The Kier molecular flexibility index (Phi) is 5.99. The van der Waals surface area contributed by atoms with Crippen molar-refractivity contribution in [3.8, 4) is 0 Å². The number of amides is 4. The van der Waals surface area contributed by atoms with Gasteiger partial charge in [0.1, 0.15) is 17.9 Å². The van der Waals surface area contributed by atoms with Gasteiger partial charge >= 0.3 is 6.03 Å². The molecule has 0 spiro atoms. The van der Waals surface area contributed by atoms with E-state index in [1.807, 2.05) is 17.5 Å². The molecular weight excluding hydrogens is 453 g/mol. The fourth-order valence-electron chi connectivity index (χ4n) is 3.60. The first-order chi connectivity index (χ1) is 15.3. The van der Waals surface area contributed by atoms with E-state index in [0.29, 0.717) is 16.1 Å². The second kappa shape index (κ2) is 8.72. The maximum atomic E-state index is 13.4. The van der Waals surface area contributed by atoms with Gasteiger partial charge in [-0.1, -0.05) is 41.9 Å². The third kappa shape index (κ3) is 4.24. The lowest BCUT2D eigenvalue weighted by molar-refractivity contribution is -0.135. The number of urea groups is 1. The zero-order chi connectivity index (χ0) is 22.9. The van der Waals surface area contributed by atoms with Gasteiger partial charge in [0.2, 0.25) is 5.91 Å². The Morgan fingerprint density at radius 1 is 1.16 bits per heavy atom. The van der Waals surface area contributed by atoms with E-state index in [-0.39, 0.29) is 5.82 Å². The Labute approximate surface area is 193 Å². The molecule has 2 heterocycles. The van der Waals surface area contributed by atoms with Crippen molar-refractivity contribution in [3.63, 3.8) is 0 Å². The smallest absolute Gasteiger partial charge is 0.325 e. The van der Waals surface area contributed by atoms with Gasteiger partial charge in [-0.05, 0) is 53.8 Å². The number of hydrogen-bond acceptors (Lipinski definition) is 4. The molecule has 3 aromatic rings. The number of carbonyl (C=O) groups excluding carboxylic acids is 3. The van der Waals surface area contributed by atoms with Gasteiger partial charge in [0.25, 0.3) is 5.91 Å². The highest BCUT2D eigenvalue weighted by atomic mass is 35.5. The summed E-state index contributed by atoms with van der Waals surface area (Å²) >= 11 is 7.36. The van der Waals surface area contributed by atoms with Crippen LogP contribution in [0.3, 0.4) is 0 Å². The first-order valence-electron chi connectivity index (χ1n) is 9.76. The van der Waals surface area contributed by atoms with Gasteiger partial charge < -0.3 is 10.6 Å². The van der Waals surface area contributed by atoms with Gasteiger partial charge in [-0.2, -0.15) is 0 Å². The number of imide groups is 1. The van der Waals surface area contributed by atoms with Crippen LogP contribution in [0, 0.1) is 5.82 Å². The third-order valence-corrected chi connectivity index (χ3v) is 6.52. The van der Waals surface area contributed by atoms with Crippen molar-refractivity contribution in [2.24, 2.45) is 0 Å². The molecule has 2 N–H and O–H groups in total. The van der Waals surface area contributed by atoms with Gasteiger partial charge in [-0.15, -0.1) is 11.3 Å². The molecule has 0 bridgehead atoms. The van der Waals surface area contributed by atoms with Crippen LogP contribution in [0.25, 0.3) is 0 Å². The Hall–Kier alpha value is -3.23. The maximum absolute atomic E-state index is 13.4. The van der Waals surface area contributed by atoms with Crippen LogP contribution in [0.15, 0.2) is 66.0 Å². The van der Waals surface area contributed by atoms with E-state index < -0.39 is 36.0 Å². The van der Waals surface area contributed by atoms with Crippen molar-refractivity contribution < 1.29 is 18.8 Å². The number of hydrogen-bond donors (Lipinski definition) is 2. The highest BCUT2D eigenvalue weighted by molar-refractivity contribution is 7.10. The van der Waals surface area contributed by atoms with Crippen molar-refractivity contribution in [1.29, 1.82) is 0 Å². The summed E-state index contributed by atoms with van der Waals surface area (Å²) in [5.41, 5.74) is -0.0529. The van der Waals surface area contributed by atoms with E-state index in [1.165, 1.54) is 23.5 Å². The molecule has 2 atom stereocenters. The molecule has 1 aliphatic rings. The summed E-state index contributed by atoms with van der Waals surface area (Å²) < 4.78 is 13.4. The molecule has 1 aromatic heterocycles. The Bertz CT molecular complexity index is 1150. The molecule has 2 unspecified atom stereocenters. The zero-order valence-corrected chi connectivity index (χ0v) is 18.5. The molecule has 4 rings (SSSR count). The standard InChI is InChI=1S/C23H19ClFN3O3S/c1-23(15-6-8-16(24)9-7-15)21(30)28(22(31)27-23)13-19(29)26-20(18-3-2-12-32-18)14-4-10-17(25)11-5-14/h2-12,20H,13H2,1H3,(H,26,29)(H,27,31). The number of rotatable bonds is 6. The number of nitrogens with zero attached hydrogens (tertiary/aromatic N) is 1. The predicted molar refractivity (Wildman–Crippen MR) is 120 cm³/mol. The zero-order valence-electron chi connectivity index (χ0n) is 17.0. The van der Waals surface area contributed by atoms with Gasteiger partial charge in [0, 0.05) is 9.90 Å². The highest BCUT2D eigenvalue weighted by Crippen LogP contribution is 2.30. The van der Waals surface area contributed by atoms with Crippen LogP contribution < -0.4 is 10.6 Å². The minimum absolute atomic E-state index is 0.383. The van der Waals surface area contributed by atoms with Gasteiger partial charge in [0.15, 0.2) is 0 Å². The fourth-order valence-corrected chi connectivity index (χ4v) is 4.53. The third-order valence-electron chi connectivity index (χ3n) is 5.33. The molecule has 6 nitrogen and oxygen atoms in total. The van der Waals surface area contributed by atoms with Crippen molar-refractivity contribution >= 4 is 40.8 Å². The first kappa shape index (κ1) is 22.0. The minimum atomic E-state index is -1.30. The topological polar surface area (TPSA) is 78.5 Å². The molecule has 0 radical (unpaired) electrons. The van der Waals surface area contributed by atoms with Crippen molar-refractivity contribution in [2.75, 3.05) is 6.54 Å². The van der Waals surface area contributed by atoms with Crippen LogP contribution in [0.1, 0.15) is 29.0 Å². The number of benzene rings is 2. The largest absolute Gasteiger partial charge is 0.343 e. The summed E-state index contributed by atoms with van der Waals surface area (Å²) in [6, 6.07) is 14.9. The highest BCUT2D eigenvalue weighted by Gasteiger charge is 2.49. The van der Waals surface area contributed by atoms with Crippen molar-refractivity contribution in [2.45, 2.75) is 18.5 Å². The van der Waals surface area contributed by atoms with E-state index in [1.54, 1.807) is 43.3 Å². The van der Waals surface area contributed by atoms with E-state index in [0.717, 1.165) is 9.78 Å². The maximum Gasteiger partial charge on any atom is 0.325 e. The average molecular weight is 472 g/mol.